The van der Waals surface area contributed by atoms with Crippen LogP contribution in [-0.2, 0) is 9.53 Å². The van der Waals surface area contributed by atoms with Crippen molar-refractivity contribution in [2.45, 2.75) is 36.8 Å². The number of unbranched alkanes of at least 4 members (excludes halogenated alkanes) is 1. The molecule has 0 aliphatic carbocycles. The Kier molecular flexibility index (Phi) is 6.45. The maximum atomic E-state index is 13.2. The van der Waals surface area contributed by atoms with Gasteiger partial charge >= 0.3 is 5.97 Å². The van der Waals surface area contributed by atoms with Gasteiger partial charge in [-0.3, -0.25) is 4.79 Å². The van der Waals surface area contributed by atoms with Gasteiger partial charge < -0.3 is 10.5 Å². The third-order valence-electron chi connectivity index (χ3n) is 2.43. The van der Waals surface area contributed by atoms with E-state index >= 15 is 0 Å². The van der Waals surface area contributed by atoms with Gasteiger partial charge in [-0.25, -0.2) is 4.39 Å². The number of carbonyl (C=O) groups is 1. The van der Waals surface area contributed by atoms with Crippen molar-refractivity contribution in [3.8, 4) is 0 Å². The van der Waals surface area contributed by atoms with Gasteiger partial charge in [0.1, 0.15) is 11.1 Å². The van der Waals surface area contributed by atoms with Crippen molar-refractivity contribution in [3.05, 3.63) is 23.0 Å². The van der Waals surface area contributed by atoms with Gasteiger partial charge in [-0.05, 0) is 25.5 Å². The largest absolute Gasteiger partial charge is 0.465 e. The number of hydrogen-bond acceptors (Lipinski definition) is 4. The maximum Gasteiger partial charge on any atom is 0.319 e. The van der Waals surface area contributed by atoms with Crippen LogP contribution in [0.3, 0.4) is 0 Å². The third-order valence-corrected chi connectivity index (χ3v) is 3.99. The first-order chi connectivity index (χ1) is 8.95. The van der Waals surface area contributed by atoms with E-state index in [0.29, 0.717) is 11.5 Å². The molecule has 6 heteroatoms. The van der Waals surface area contributed by atoms with Gasteiger partial charge in [-0.2, -0.15) is 0 Å². The molecular formula is C13H17ClFNO2S. The number of hydrogen-bond donors (Lipinski definition) is 1. The molecule has 0 aliphatic heterocycles. The van der Waals surface area contributed by atoms with Crippen LogP contribution < -0.4 is 5.73 Å². The predicted octanol–water partition coefficient (Wildman–Crippen LogP) is 3.89. The average molecular weight is 306 g/mol. The Balaban J connectivity index is 2.63. The fourth-order valence-corrected chi connectivity index (χ4v) is 2.50. The van der Waals surface area contributed by atoms with E-state index in [-0.39, 0.29) is 16.7 Å². The summed E-state index contributed by atoms with van der Waals surface area (Å²) in [5, 5.41) is -0.177. The standard InChI is InChI=1S/C13H17ClFNO2S/c1-3-4-5-18-13(17)8(2)19-12-7-11(16)10(15)6-9(12)14/h6-8H,3-5,16H2,1-2H3. The zero-order valence-electron chi connectivity index (χ0n) is 10.9. The molecule has 0 bridgehead atoms. The normalized spacial score (nSPS) is 12.2. The van der Waals surface area contributed by atoms with Crippen LogP contribution in [0.15, 0.2) is 17.0 Å². The lowest BCUT2D eigenvalue weighted by Gasteiger charge is -2.12. The molecule has 0 aromatic heterocycles. The molecule has 19 heavy (non-hydrogen) atoms. The molecule has 1 atom stereocenters. The van der Waals surface area contributed by atoms with Crippen LogP contribution in [-0.4, -0.2) is 17.8 Å². The number of carbonyl (C=O) groups excluding carboxylic acids is 1. The fraction of sp³-hybridized carbons (Fsp3) is 0.462. The van der Waals surface area contributed by atoms with Crippen molar-refractivity contribution in [1.29, 1.82) is 0 Å². The summed E-state index contributed by atoms with van der Waals surface area (Å²) in [7, 11) is 0. The number of esters is 1. The minimum atomic E-state index is -0.562. The van der Waals surface area contributed by atoms with Gasteiger partial charge in [0.15, 0.2) is 0 Å². The lowest BCUT2D eigenvalue weighted by Crippen LogP contribution is -2.17. The van der Waals surface area contributed by atoms with Gasteiger partial charge in [0.2, 0.25) is 0 Å². The van der Waals surface area contributed by atoms with Crippen LogP contribution in [0.25, 0.3) is 0 Å². The number of halogens is 2. The highest BCUT2D eigenvalue weighted by Gasteiger charge is 2.18. The van der Waals surface area contributed by atoms with Crippen molar-refractivity contribution >= 4 is 35.0 Å². The second-order valence-corrected chi connectivity index (χ2v) is 5.88. The maximum absolute atomic E-state index is 13.2. The molecule has 0 saturated heterocycles. The second-order valence-electron chi connectivity index (χ2n) is 4.09. The highest BCUT2D eigenvalue weighted by atomic mass is 35.5. The third kappa shape index (κ3) is 4.91. The highest BCUT2D eigenvalue weighted by Crippen LogP contribution is 2.33. The van der Waals surface area contributed by atoms with Gasteiger partial charge in [-0.1, -0.05) is 24.9 Å². The SMILES string of the molecule is CCCCOC(=O)C(C)Sc1cc(N)c(F)cc1Cl. The van der Waals surface area contributed by atoms with E-state index in [1.54, 1.807) is 6.92 Å². The number of benzene rings is 1. The Hall–Kier alpha value is -0.940. The molecule has 106 valence electrons. The molecule has 1 rings (SSSR count). The summed E-state index contributed by atoms with van der Waals surface area (Å²) in [5.74, 6) is -0.870. The quantitative estimate of drug-likeness (QED) is 0.375. The first-order valence-electron chi connectivity index (χ1n) is 6.03. The molecule has 0 saturated carbocycles. The van der Waals surface area contributed by atoms with Gasteiger partial charge in [-0.15, -0.1) is 11.8 Å². The molecule has 0 heterocycles. The summed E-state index contributed by atoms with van der Waals surface area (Å²) in [6.45, 7) is 4.15. The van der Waals surface area contributed by atoms with Crippen LogP contribution in [0, 0.1) is 5.82 Å². The summed E-state index contributed by atoms with van der Waals surface area (Å²) >= 11 is 7.11. The molecule has 1 aromatic rings. The number of nitrogens with two attached hydrogens (primary N) is 1. The number of thioether (sulfide) groups is 1. The molecular weight excluding hydrogens is 289 g/mol. The Morgan fingerprint density at radius 3 is 2.89 bits per heavy atom. The predicted molar refractivity (Wildman–Crippen MR) is 77.0 cm³/mol. The molecule has 3 nitrogen and oxygen atoms in total. The molecule has 0 amide bonds. The van der Waals surface area contributed by atoms with Gasteiger partial charge in [0, 0.05) is 4.90 Å². The van der Waals surface area contributed by atoms with Gasteiger partial charge in [0.25, 0.3) is 0 Å². The monoisotopic (exact) mass is 305 g/mol. The minimum absolute atomic E-state index is 0.0125. The van der Waals surface area contributed by atoms with Crippen molar-refractivity contribution in [1.82, 2.24) is 0 Å². The van der Waals surface area contributed by atoms with Gasteiger partial charge in [0.05, 0.1) is 17.3 Å². The average Bonchev–Trinajstić information content (AvgIpc) is 2.36. The van der Waals surface area contributed by atoms with Crippen LogP contribution >= 0.6 is 23.4 Å². The summed E-state index contributed by atoms with van der Waals surface area (Å²) in [4.78, 5) is 12.3. The lowest BCUT2D eigenvalue weighted by atomic mass is 10.3. The molecule has 0 radical (unpaired) electrons. The Bertz CT molecular complexity index is 457. The summed E-state index contributed by atoms with van der Waals surface area (Å²) in [5.41, 5.74) is 5.49. The molecule has 2 N–H and O–H groups in total. The summed E-state index contributed by atoms with van der Waals surface area (Å²) < 4.78 is 18.3. The Morgan fingerprint density at radius 2 is 2.26 bits per heavy atom. The lowest BCUT2D eigenvalue weighted by molar-refractivity contribution is -0.142. The zero-order valence-corrected chi connectivity index (χ0v) is 12.5. The number of anilines is 1. The summed E-state index contributed by atoms with van der Waals surface area (Å²) in [6.07, 6.45) is 1.81. The number of ether oxygens (including phenoxy) is 1. The molecule has 0 aliphatic rings. The van der Waals surface area contributed by atoms with Crippen molar-refractivity contribution < 1.29 is 13.9 Å². The molecule has 0 fully saturated rings. The topological polar surface area (TPSA) is 52.3 Å². The Morgan fingerprint density at radius 1 is 1.58 bits per heavy atom. The van der Waals surface area contributed by atoms with Crippen LogP contribution in [0.2, 0.25) is 5.02 Å². The summed E-state index contributed by atoms with van der Waals surface area (Å²) in [6, 6.07) is 2.58. The highest BCUT2D eigenvalue weighted by molar-refractivity contribution is 8.00. The van der Waals surface area contributed by atoms with Crippen molar-refractivity contribution in [2.24, 2.45) is 0 Å². The van der Waals surface area contributed by atoms with Crippen LogP contribution in [0.5, 0.6) is 0 Å². The van der Waals surface area contributed by atoms with E-state index in [0.717, 1.165) is 18.9 Å². The van der Waals surface area contributed by atoms with E-state index in [4.69, 9.17) is 22.1 Å². The number of nitrogen functional groups attached to an aromatic ring is 1. The molecule has 1 unspecified atom stereocenters. The van der Waals surface area contributed by atoms with E-state index in [2.05, 4.69) is 0 Å². The first kappa shape index (κ1) is 16.1. The Labute approximate surface area is 121 Å². The minimum Gasteiger partial charge on any atom is -0.465 e. The molecule has 0 spiro atoms. The van der Waals surface area contributed by atoms with E-state index < -0.39 is 11.1 Å². The number of rotatable bonds is 6. The first-order valence-corrected chi connectivity index (χ1v) is 7.29. The fourth-order valence-electron chi connectivity index (χ4n) is 1.31. The van der Waals surface area contributed by atoms with Crippen LogP contribution in [0.4, 0.5) is 10.1 Å². The second kappa shape index (κ2) is 7.60. The van der Waals surface area contributed by atoms with E-state index in [9.17, 15) is 9.18 Å². The van der Waals surface area contributed by atoms with Crippen LogP contribution in [0.1, 0.15) is 26.7 Å². The van der Waals surface area contributed by atoms with Crippen molar-refractivity contribution in [3.63, 3.8) is 0 Å². The van der Waals surface area contributed by atoms with E-state index in [1.807, 2.05) is 6.92 Å². The molecule has 1 aromatic carbocycles. The van der Waals surface area contributed by atoms with E-state index in [1.165, 1.54) is 17.8 Å². The smallest absolute Gasteiger partial charge is 0.319 e. The zero-order chi connectivity index (χ0) is 14.4. The van der Waals surface area contributed by atoms with Crippen molar-refractivity contribution in [2.75, 3.05) is 12.3 Å².